The Morgan fingerprint density at radius 3 is 2.80 bits per heavy atom. The summed E-state index contributed by atoms with van der Waals surface area (Å²) in [5.74, 6) is 1.05. The van der Waals surface area contributed by atoms with Gasteiger partial charge in [-0.3, -0.25) is 4.79 Å². The van der Waals surface area contributed by atoms with Crippen LogP contribution in [0, 0.1) is 5.92 Å². The number of ether oxygens (including phenoxy) is 1. The summed E-state index contributed by atoms with van der Waals surface area (Å²) in [6.45, 7) is 0.693. The molecule has 1 aromatic rings. The van der Waals surface area contributed by atoms with Crippen LogP contribution in [0.4, 0.5) is 5.69 Å². The Morgan fingerprint density at radius 1 is 1.30 bits per heavy atom. The van der Waals surface area contributed by atoms with Gasteiger partial charge in [0.1, 0.15) is 11.8 Å². The minimum absolute atomic E-state index is 0.194. The topological polar surface area (TPSA) is 64.4 Å². The van der Waals surface area contributed by atoms with Crippen LogP contribution in [0.1, 0.15) is 43.7 Å². The van der Waals surface area contributed by atoms with E-state index < -0.39 is 6.04 Å². The van der Waals surface area contributed by atoms with Crippen LogP contribution in [-0.2, 0) is 4.79 Å². The quantitative estimate of drug-likeness (QED) is 0.899. The average Bonchev–Trinajstić information content (AvgIpc) is 2.73. The van der Waals surface area contributed by atoms with E-state index in [9.17, 15) is 4.79 Å². The Bertz CT molecular complexity index is 527. The average molecular weight is 295 g/mol. The largest absolute Gasteiger partial charge is 0.492 e. The Hall–Kier alpha value is -1.26. The smallest absolute Gasteiger partial charge is 0.245 e. The molecule has 108 valence electrons. The van der Waals surface area contributed by atoms with Crippen LogP contribution >= 0.6 is 11.6 Å². The summed E-state index contributed by atoms with van der Waals surface area (Å²) in [6.07, 6.45) is 6.36. The van der Waals surface area contributed by atoms with Crippen molar-refractivity contribution in [1.82, 2.24) is 0 Å². The molecule has 2 aliphatic rings. The maximum absolute atomic E-state index is 11.5. The summed E-state index contributed by atoms with van der Waals surface area (Å²) in [5.41, 5.74) is 7.24. The highest BCUT2D eigenvalue weighted by Crippen LogP contribution is 2.38. The number of nitrogens with two attached hydrogens (primary N) is 1. The lowest BCUT2D eigenvalue weighted by atomic mass is 9.90. The zero-order valence-corrected chi connectivity index (χ0v) is 12.1. The zero-order chi connectivity index (χ0) is 14.1. The van der Waals surface area contributed by atoms with Crippen LogP contribution in [0.3, 0.4) is 0 Å². The highest BCUT2D eigenvalue weighted by atomic mass is 35.5. The molecular formula is C15H19ClN2O2. The van der Waals surface area contributed by atoms with Crippen molar-refractivity contribution >= 4 is 23.2 Å². The number of fused-ring (bicyclic) bond motifs is 1. The van der Waals surface area contributed by atoms with Crippen LogP contribution in [0.2, 0.25) is 5.02 Å². The fourth-order valence-electron chi connectivity index (χ4n) is 2.96. The summed E-state index contributed by atoms with van der Waals surface area (Å²) in [7, 11) is 0. The summed E-state index contributed by atoms with van der Waals surface area (Å²) >= 11 is 6.22. The van der Waals surface area contributed by atoms with Gasteiger partial charge in [-0.15, -0.1) is 0 Å². The standard InChI is InChI=1S/C15H19ClN2O2/c16-11-6-10-12(18-15(19)14(10)17)7-13(11)20-8-9-4-2-1-3-5-9/h6-7,9,14H,1-5,8,17H2,(H,18,19). The van der Waals surface area contributed by atoms with E-state index >= 15 is 0 Å². The maximum Gasteiger partial charge on any atom is 0.245 e. The first-order valence-corrected chi connectivity index (χ1v) is 7.55. The molecule has 0 spiro atoms. The van der Waals surface area contributed by atoms with Gasteiger partial charge in [-0.05, 0) is 24.8 Å². The van der Waals surface area contributed by atoms with Gasteiger partial charge in [0.2, 0.25) is 5.91 Å². The van der Waals surface area contributed by atoms with Crippen molar-refractivity contribution in [2.24, 2.45) is 11.7 Å². The summed E-state index contributed by atoms with van der Waals surface area (Å²) in [5, 5.41) is 3.27. The summed E-state index contributed by atoms with van der Waals surface area (Å²) in [6, 6.07) is 2.89. The molecule has 0 saturated heterocycles. The van der Waals surface area contributed by atoms with Crippen molar-refractivity contribution < 1.29 is 9.53 Å². The molecule has 3 rings (SSSR count). The van der Waals surface area contributed by atoms with Gasteiger partial charge >= 0.3 is 0 Å². The molecule has 1 unspecified atom stereocenters. The Labute approximate surface area is 123 Å². The van der Waals surface area contributed by atoms with E-state index in [0.717, 1.165) is 5.56 Å². The third-order valence-corrected chi connectivity index (χ3v) is 4.47. The van der Waals surface area contributed by atoms with Crippen LogP contribution in [0.5, 0.6) is 5.75 Å². The van der Waals surface area contributed by atoms with Crippen LogP contribution in [-0.4, -0.2) is 12.5 Å². The number of hydrogen-bond acceptors (Lipinski definition) is 3. The van der Waals surface area contributed by atoms with Crippen molar-refractivity contribution in [2.75, 3.05) is 11.9 Å². The lowest BCUT2D eigenvalue weighted by molar-refractivity contribution is -0.116. The van der Waals surface area contributed by atoms with E-state index in [4.69, 9.17) is 22.1 Å². The molecule has 0 radical (unpaired) electrons. The highest BCUT2D eigenvalue weighted by Gasteiger charge is 2.28. The van der Waals surface area contributed by atoms with E-state index in [-0.39, 0.29) is 5.91 Å². The molecule has 1 amide bonds. The molecule has 0 bridgehead atoms. The van der Waals surface area contributed by atoms with Crippen molar-refractivity contribution in [2.45, 2.75) is 38.1 Å². The molecule has 1 saturated carbocycles. The summed E-state index contributed by atoms with van der Waals surface area (Å²) in [4.78, 5) is 11.5. The van der Waals surface area contributed by atoms with Crippen LogP contribution in [0.15, 0.2) is 12.1 Å². The first-order valence-electron chi connectivity index (χ1n) is 7.18. The van der Waals surface area contributed by atoms with E-state index in [2.05, 4.69) is 5.32 Å². The highest BCUT2D eigenvalue weighted by molar-refractivity contribution is 6.32. The molecule has 3 N–H and O–H groups in total. The molecule has 1 aliphatic heterocycles. The molecule has 1 fully saturated rings. The SMILES string of the molecule is NC1C(=O)Nc2cc(OCC3CCCCC3)c(Cl)cc21. The van der Waals surface area contributed by atoms with Gasteiger partial charge in [-0.1, -0.05) is 30.9 Å². The van der Waals surface area contributed by atoms with E-state index in [0.29, 0.717) is 29.0 Å². The van der Waals surface area contributed by atoms with Gasteiger partial charge < -0.3 is 15.8 Å². The number of rotatable bonds is 3. The van der Waals surface area contributed by atoms with E-state index in [1.54, 1.807) is 12.1 Å². The summed E-state index contributed by atoms with van der Waals surface area (Å²) < 4.78 is 5.85. The van der Waals surface area contributed by atoms with Gasteiger partial charge in [0.15, 0.2) is 0 Å². The maximum atomic E-state index is 11.5. The predicted molar refractivity (Wildman–Crippen MR) is 79.1 cm³/mol. The van der Waals surface area contributed by atoms with E-state index in [1.807, 2.05) is 0 Å². The number of hydrogen-bond donors (Lipinski definition) is 2. The Morgan fingerprint density at radius 2 is 2.05 bits per heavy atom. The molecule has 5 heteroatoms. The number of benzene rings is 1. The van der Waals surface area contributed by atoms with Gasteiger partial charge in [0.05, 0.1) is 11.6 Å². The third kappa shape index (κ3) is 2.63. The van der Waals surface area contributed by atoms with Crippen molar-refractivity contribution in [3.05, 3.63) is 22.7 Å². The molecule has 4 nitrogen and oxygen atoms in total. The van der Waals surface area contributed by atoms with Crippen LogP contribution < -0.4 is 15.8 Å². The molecule has 0 aromatic heterocycles. The Kier molecular flexibility index (Phi) is 3.85. The second-order valence-electron chi connectivity index (χ2n) is 5.65. The Balaban J connectivity index is 1.71. The predicted octanol–water partition coefficient (Wildman–Crippen LogP) is 3.25. The fourth-order valence-corrected chi connectivity index (χ4v) is 3.18. The number of amides is 1. The van der Waals surface area contributed by atoms with Gasteiger partial charge in [0.25, 0.3) is 0 Å². The molecule has 1 heterocycles. The number of carbonyl (C=O) groups excluding carboxylic acids is 1. The van der Waals surface area contributed by atoms with Crippen LogP contribution in [0.25, 0.3) is 0 Å². The minimum Gasteiger partial charge on any atom is -0.492 e. The van der Waals surface area contributed by atoms with E-state index in [1.165, 1.54) is 32.1 Å². The molecule has 1 aliphatic carbocycles. The molecule has 1 aromatic carbocycles. The lowest BCUT2D eigenvalue weighted by Crippen LogP contribution is -2.19. The van der Waals surface area contributed by atoms with Gasteiger partial charge in [-0.2, -0.15) is 0 Å². The number of nitrogens with one attached hydrogen (secondary N) is 1. The number of halogens is 1. The monoisotopic (exact) mass is 294 g/mol. The first kappa shape index (κ1) is 13.7. The van der Waals surface area contributed by atoms with Gasteiger partial charge in [0, 0.05) is 17.3 Å². The molecule has 20 heavy (non-hydrogen) atoms. The third-order valence-electron chi connectivity index (χ3n) is 4.18. The normalized spacial score (nSPS) is 22.5. The van der Waals surface area contributed by atoms with Crippen molar-refractivity contribution in [3.8, 4) is 5.75 Å². The molecule has 1 atom stereocenters. The van der Waals surface area contributed by atoms with Crippen molar-refractivity contribution in [1.29, 1.82) is 0 Å². The van der Waals surface area contributed by atoms with Crippen molar-refractivity contribution in [3.63, 3.8) is 0 Å². The second kappa shape index (κ2) is 5.62. The second-order valence-corrected chi connectivity index (χ2v) is 6.06. The first-order chi connectivity index (χ1) is 9.65. The number of anilines is 1. The molecular weight excluding hydrogens is 276 g/mol. The lowest BCUT2D eigenvalue weighted by Gasteiger charge is -2.22. The number of carbonyl (C=O) groups is 1. The zero-order valence-electron chi connectivity index (χ0n) is 11.3. The van der Waals surface area contributed by atoms with Gasteiger partial charge in [-0.25, -0.2) is 0 Å². The fraction of sp³-hybridized carbons (Fsp3) is 0.533. The minimum atomic E-state index is -0.630.